The summed E-state index contributed by atoms with van der Waals surface area (Å²) in [5.41, 5.74) is 4.36. The van der Waals surface area contributed by atoms with Gasteiger partial charge in [-0.05, 0) is 49.4 Å². The number of morpholine rings is 1. The van der Waals surface area contributed by atoms with Crippen molar-refractivity contribution in [3.05, 3.63) is 58.1 Å². The number of benzene rings is 2. The highest BCUT2D eigenvalue weighted by Crippen LogP contribution is 2.23. The molecule has 0 radical (unpaired) electrons. The van der Waals surface area contributed by atoms with E-state index in [9.17, 15) is 4.79 Å². The zero-order chi connectivity index (χ0) is 19.2. The maximum Gasteiger partial charge on any atom is 0.238 e. The first-order valence-corrected chi connectivity index (χ1v) is 9.97. The fourth-order valence-corrected chi connectivity index (χ4v) is 3.78. The molecular weight excluding hydrogens is 406 g/mol. The van der Waals surface area contributed by atoms with E-state index in [1.54, 1.807) is 0 Å². The van der Waals surface area contributed by atoms with Crippen LogP contribution in [0.1, 0.15) is 11.1 Å². The summed E-state index contributed by atoms with van der Waals surface area (Å²) >= 11 is 3.45. The van der Waals surface area contributed by atoms with Gasteiger partial charge in [0.25, 0.3) is 0 Å². The second kappa shape index (κ2) is 9.35. The molecular formula is C21H26BrN3O2. The average Bonchev–Trinajstić information content (AvgIpc) is 2.65. The number of halogens is 1. The number of hydrogen-bond donors (Lipinski definition) is 1. The van der Waals surface area contributed by atoms with Crippen molar-refractivity contribution in [2.24, 2.45) is 0 Å². The van der Waals surface area contributed by atoms with E-state index in [-0.39, 0.29) is 5.91 Å². The maximum absolute atomic E-state index is 12.4. The average molecular weight is 432 g/mol. The van der Waals surface area contributed by atoms with Gasteiger partial charge in [0.15, 0.2) is 0 Å². The Balaban J connectivity index is 1.60. The molecule has 1 N–H and O–H groups in total. The monoisotopic (exact) mass is 431 g/mol. The van der Waals surface area contributed by atoms with Crippen molar-refractivity contribution in [3.63, 3.8) is 0 Å². The smallest absolute Gasteiger partial charge is 0.238 e. The van der Waals surface area contributed by atoms with Crippen LogP contribution in [0.4, 0.5) is 11.4 Å². The van der Waals surface area contributed by atoms with E-state index in [0.29, 0.717) is 6.54 Å². The van der Waals surface area contributed by atoms with Crippen molar-refractivity contribution in [2.45, 2.75) is 13.5 Å². The quantitative estimate of drug-likeness (QED) is 0.757. The predicted molar refractivity (Wildman–Crippen MR) is 113 cm³/mol. The molecule has 1 aliphatic heterocycles. The summed E-state index contributed by atoms with van der Waals surface area (Å²) in [5.74, 6) is -0.00761. The van der Waals surface area contributed by atoms with Gasteiger partial charge in [-0.25, -0.2) is 0 Å². The zero-order valence-corrected chi connectivity index (χ0v) is 17.5. The number of para-hydroxylation sites is 1. The summed E-state index contributed by atoms with van der Waals surface area (Å²) in [4.78, 5) is 16.8. The molecule has 3 rings (SSSR count). The molecule has 0 aromatic heterocycles. The summed E-state index contributed by atoms with van der Waals surface area (Å²) < 4.78 is 6.47. The summed E-state index contributed by atoms with van der Waals surface area (Å²) in [6.45, 7) is 6.39. The van der Waals surface area contributed by atoms with Crippen LogP contribution in [0, 0.1) is 6.92 Å². The minimum atomic E-state index is -0.00761. The normalized spacial score (nSPS) is 14.4. The predicted octanol–water partition coefficient (Wildman–Crippen LogP) is 3.66. The SMILES string of the molecule is Cc1cc(Br)ccc1NC(=O)CN(C)Cc1ccccc1N1CCOCC1. The van der Waals surface area contributed by atoms with Gasteiger partial charge in [-0.1, -0.05) is 34.1 Å². The van der Waals surface area contributed by atoms with E-state index in [2.05, 4.69) is 50.4 Å². The van der Waals surface area contributed by atoms with Gasteiger partial charge >= 0.3 is 0 Å². The second-order valence-corrected chi connectivity index (χ2v) is 7.82. The number of amides is 1. The first-order valence-electron chi connectivity index (χ1n) is 9.18. The standard InChI is InChI=1S/C21H26BrN3O2/c1-16-13-18(22)7-8-19(16)23-21(26)15-24(2)14-17-5-3-4-6-20(17)25-9-11-27-12-10-25/h3-8,13H,9-12,14-15H2,1-2H3,(H,23,26). The van der Waals surface area contributed by atoms with Crippen molar-refractivity contribution in [3.8, 4) is 0 Å². The molecule has 0 atom stereocenters. The molecule has 27 heavy (non-hydrogen) atoms. The van der Waals surface area contributed by atoms with Gasteiger partial charge in [-0.2, -0.15) is 0 Å². The molecule has 0 saturated carbocycles. The number of anilines is 2. The van der Waals surface area contributed by atoms with Crippen LogP contribution >= 0.6 is 15.9 Å². The lowest BCUT2D eigenvalue weighted by Gasteiger charge is -2.31. The van der Waals surface area contributed by atoms with E-state index < -0.39 is 0 Å². The number of likely N-dealkylation sites (N-methyl/N-ethyl adjacent to an activating group) is 1. The molecule has 5 nitrogen and oxygen atoms in total. The first kappa shape index (κ1) is 19.9. The Kier molecular flexibility index (Phi) is 6.88. The van der Waals surface area contributed by atoms with Crippen molar-refractivity contribution < 1.29 is 9.53 Å². The minimum absolute atomic E-state index is 0.00761. The summed E-state index contributed by atoms with van der Waals surface area (Å²) in [7, 11) is 1.98. The lowest BCUT2D eigenvalue weighted by Crippen LogP contribution is -2.37. The Bertz CT molecular complexity index is 791. The molecule has 1 fully saturated rings. The number of rotatable bonds is 6. The Morgan fingerprint density at radius 3 is 2.70 bits per heavy atom. The number of aryl methyl sites for hydroxylation is 1. The Morgan fingerprint density at radius 1 is 1.22 bits per heavy atom. The van der Waals surface area contributed by atoms with Crippen LogP contribution in [0.15, 0.2) is 46.9 Å². The highest BCUT2D eigenvalue weighted by Gasteiger charge is 2.16. The topological polar surface area (TPSA) is 44.8 Å². The molecule has 1 amide bonds. The van der Waals surface area contributed by atoms with Crippen LogP contribution in [0.5, 0.6) is 0 Å². The molecule has 1 aliphatic rings. The lowest BCUT2D eigenvalue weighted by molar-refractivity contribution is -0.117. The number of hydrogen-bond acceptors (Lipinski definition) is 4. The zero-order valence-electron chi connectivity index (χ0n) is 15.9. The fraction of sp³-hybridized carbons (Fsp3) is 0.381. The third-order valence-electron chi connectivity index (χ3n) is 4.66. The van der Waals surface area contributed by atoms with Crippen LogP contribution in [-0.4, -0.2) is 50.7 Å². The van der Waals surface area contributed by atoms with Crippen LogP contribution in [0.3, 0.4) is 0 Å². The minimum Gasteiger partial charge on any atom is -0.378 e. The van der Waals surface area contributed by atoms with Gasteiger partial charge in [-0.3, -0.25) is 9.69 Å². The molecule has 1 saturated heterocycles. The number of ether oxygens (including phenoxy) is 1. The number of carbonyl (C=O) groups excluding carboxylic acids is 1. The molecule has 0 unspecified atom stereocenters. The van der Waals surface area contributed by atoms with Crippen molar-refractivity contribution in [1.29, 1.82) is 0 Å². The molecule has 0 spiro atoms. The summed E-state index contributed by atoms with van der Waals surface area (Å²) in [6.07, 6.45) is 0. The third kappa shape index (κ3) is 5.54. The largest absolute Gasteiger partial charge is 0.378 e. The molecule has 0 aliphatic carbocycles. The van der Waals surface area contributed by atoms with E-state index in [4.69, 9.17) is 4.74 Å². The van der Waals surface area contributed by atoms with Gasteiger partial charge in [-0.15, -0.1) is 0 Å². The van der Waals surface area contributed by atoms with E-state index >= 15 is 0 Å². The van der Waals surface area contributed by atoms with E-state index in [1.807, 2.05) is 37.1 Å². The van der Waals surface area contributed by atoms with Crippen LogP contribution < -0.4 is 10.2 Å². The Labute approximate surface area is 169 Å². The first-order chi connectivity index (χ1) is 13.0. The molecule has 6 heteroatoms. The van der Waals surface area contributed by atoms with Gasteiger partial charge in [0.05, 0.1) is 19.8 Å². The van der Waals surface area contributed by atoms with E-state index in [1.165, 1.54) is 11.3 Å². The number of nitrogens with one attached hydrogen (secondary N) is 1. The highest BCUT2D eigenvalue weighted by molar-refractivity contribution is 9.10. The molecule has 2 aromatic rings. The van der Waals surface area contributed by atoms with Crippen LogP contribution in [0.25, 0.3) is 0 Å². The summed E-state index contributed by atoms with van der Waals surface area (Å²) in [6, 6.07) is 14.3. The Hall–Kier alpha value is -1.89. The molecule has 1 heterocycles. The van der Waals surface area contributed by atoms with E-state index in [0.717, 1.165) is 48.6 Å². The second-order valence-electron chi connectivity index (χ2n) is 6.91. The lowest BCUT2D eigenvalue weighted by atomic mass is 10.1. The molecule has 144 valence electrons. The van der Waals surface area contributed by atoms with Crippen LogP contribution in [-0.2, 0) is 16.1 Å². The molecule has 0 bridgehead atoms. The third-order valence-corrected chi connectivity index (χ3v) is 5.15. The highest BCUT2D eigenvalue weighted by atomic mass is 79.9. The van der Waals surface area contributed by atoms with Crippen molar-refractivity contribution in [1.82, 2.24) is 4.90 Å². The van der Waals surface area contributed by atoms with Gasteiger partial charge in [0.2, 0.25) is 5.91 Å². The fourth-order valence-electron chi connectivity index (χ4n) is 3.31. The van der Waals surface area contributed by atoms with Gasteiger partial charge < -0.3 is 15.0 Å². The summed E-state index contributed by atoms with van der Waals surface area (Å²) in [5, 5.41) is 3.00. The van der Waals surface area contributed by atoms with Crippen LogP contribution in [0.2, 0.25) is 0 Å². The molecule has 2 aromatic carbocycles. The Morgan fingerprint density at radius 2 is 1.96 bits per heavy atom. The number of carbonyl (C=O) groups is 1. The van der Waals surface area contributed by atoms with Gasteiger partial charge in [0, 0.05) is 35.5 Å². The maximum atomic E-state index is 12.4. The number of nitrogens with zero attached hydrogens (tertiary/aromatic N) is 2. The van der Waals surface area contributed by atoms with Crippen molar-refractivity contribution in [2.75, 3.05) is 50.1 Å². The van der Waals surface area contributed by atoms with Crippen molar-refractivity contribution >= 4 is 33.2 Å². The van der Waals surface area contributed by atoms with Gasteiger partial charge in [0.1, 0.15) is 0 Å².